The zero-order chi connectivity index (χ0) is 26.4. The first-order chi connectivity index (χ1) is 18.0. The number of nitrogens with one attached hydrogen (secondary N) is 3. The molecule has 0 aliphatic rings. The van der Waals surface area contributed by atoms with Crippen LogP contribution in [0.25, 0.3) is 22.4 Å². The number of carbonyl (C=O) groups is 1. The van der Waals surface area contributed by atoms with Crippen LogP contribution in [-0.4, -0.2) is 32.3 Å². The first-order valence-electron chi connectivity index (χ1n) is 11.2. The molecule has 0 saturated carbocycles. The van der Waals surface area contributed by atoms with Crippen molar-refractivity contribution < 1.29 is 19.0 Å². The summed E-state index contributed by atoms with van der Waals surface area (Å²) in [6.45, 7) is 0. The van der Waals surface area contributed by atoms with Gasteiger partial charge in [0.1, 0.15) is 11.6 Å². The van der Waals surface area contributed by atoms with Crippen molar-refractivity contribution in [3.63, 3.8) is 0 Å². The summed E-state index contributed by atoms with van der Waals surface area (Å²) < 4.78 is 16.2. The number of carbonyl (C=O) groups excluding carboxylic acids is 1. The van der Waals surface area contributed by atoms with Crippen molar-refractivity contribution in [2.75, 3.05) is 32.0 Å². The largest absolute Gasteiger partial charge is 0.493 e. The van der Waals surface area contributed by atoms with E-state index < -0.39 is 5.56 Å². The summed E-state index contributed by atoms with van der Waals surface area (Å²) in [5, 5.41) is 15.2. The van der Waals surface area contributed by atoms with Crippen LogP contribution < -0.4 is 30.4 Å². The predicted octanol–water partition coefficient (Wildman–Crippen LogP) is 5.25. The molecule has 9 nitrogen and oxygen atoms in total. The number of hydrogen-bond donors (Lipinski definition) is 3. The third-order valence-corrected chi connectivity index (χ3v) is 5.61. The molecule has 4 rings (SSSR count). The monoisotopic (exact) mass is 496 g/mol. The van der Waals surface area contributed by atoms with Gasteiger partial charge in [-0.05, 0) is 53.6 Å². The number of para-hydroxylation sites is 1. The Morgan fingerprint density at radius 2 is 1.41 bits per heavy atom. The maximum absolute atomic E-state index is 12.8. The molecule has 3 N–H and O–H groups in total. The van der Waals surface area contributed by atoms with Crippen LogP contribution in [0.4, 0.5) is 16.2 Å². The summed E-state index contributed by atoms with van der Waals surface area (Å²) in [5.74, 6) is 1.19. The Balaban J connectivity index is 1.66. The van der Waals surface area contributed by atoms with Gasteiger partial charge in [0.05, 0.1) is 21.3 Å². The van der Waals surface area contributed by atoms with E-state index in [4.69, 9.17) is 14.2 Å². The quantitative estimate of drug-likeness (QED) is 0.321. The molecule has 0 unspecified atom stereocenters. The molecule has 0 aliphatic heterocycles. The Kier molecular flexibility index (Phi) is 7.40. The van der Waals surface area contributed by atoms with Gasteiger partial charge in [-0.15, -0.1) is 0 Å². The Bertz CT molecular complexity index is 1500. The number of urea groups is 1. The average molecular weight is 497 g/mol. The highest BCUT2D eigenvalue weighted by Gasteiger charge is 2.18. The van der Waals surface area contributed by atoms with E-state index in [-0.39, 0.29) is 11.6 Å². The van der Waals surface area contributed by atoms with E-state index in [0.29, 0.717) is 51.0 Å². The highest BCUT2D eigenvalue weighted by molar-refractivity contribution is 5.99. The second-order valence-corrected chi connectivity index (χ2v) is 7.85. The minimum atomic E-state index is -0.534. The summed E-state index contributed by atoms with van der Waals surface area (Å²) in [6.07, 6.45) is 0. The van der Waals surface area contributed by atoms with Crippen molar-refractivity contribution in [1.29, 1.82) is 5.26 Å². The van der Waals surface area contributed by atoms with Crippen molar-refractivity contribution >= 4 is 17.4 Å². The lowest BCUT2D eigenvalue weighted by atomic mass is 9.98. The lowest BCUT2D eigenvalue weighted by Gasteiger charge is -2.15. The normalized spacial score (nSPS) is 10.2. The van der Waals surface area contributed by atoms with Crippen LogP contribution in [0.15, 0.2) is 77.6 Å². The summed E-state index contributed by atoms with van der Waals surface area (Å²) >= 11 is 0. The molecule has 0 aliphatic carbocycles. The Morgan fingerprint density at radius 1 is 0.811 bits per heavy atom. The standard InChI is InChI=1S/C28H24N4O5/c1-35-24-13-18(14-25(36-2)26(24)37-3)21-15-23(32-27(33)22(21)16-29)17-9-11-20(12-10-17)31-28(34)30-19-7-5-4-6-8-19/h4-15H,1-3H3,(H,32,33)(H2,30,31,34). The van der Waals surface area contributed by atoms with E-state index in [2.05, 4.69) is 15.6 Å². The summed E-state index contributed by atoms with van der Waals surface area (Å²) in [6, 6.07) is 22.7. The van der Waals surface area contributed by atoms with Gasteiger partial charge in [0.15, 0.2) is 11.5 Å². The maximum Gasteiger partial charge on any atom is 0.323 e. The van der Waals surface area contributed by atoms with E-state index in [1.54, 1.807) is 54.6 Å². The van der Waals surface area contributed by atoms with Crippen LogP contribution in [0.3, 0.4) is 0 Å². The van der Waals surface area contributed by atoms with E-state index in [1.165, 1.54) is 21.3 Å². The average Bonchev–Trinajstić information content (AvgIpc) is 2.92. The third-order valence-electron chi connectivity index (χ3n) is 5.61. The fraction of sp³-hybridized carbons (Fsp3) is 0.107. The number of ether oxygens (including phenoxy) is 3. The number of pyridine rings is 1. The molecule has 0 saturated heterocycles. The number of hydrogen-bond acceptors (Lipinski definition) is 6. The number of H-pyrrole nitrogens is 1. The minimum Gasteiger partial charge on any atom is -0.493 e. The Hall–Kier alpha value is -5.23. The minimum absolute atomic E-state index is 0.0473. The SMILES string of the molecule is COc1cc(-c2cc(-c3ccc(NC(=O)Nc4ccccc4)cc3)[nH]c(=O)c2C#N)cc(OC)c1OC. The predicted molar refractivity (Wildman–Crippen MR) is 141 cm³/mol. The highest BCUT2D eigenvalue weighted by Crippen LogP contribution is 2.42. The van der Waals surface area contributed by atoms with Gasteiger partial charge in [0.25, 0.3) is 5.56 Å². The molecule has 0 atom stereocenters. The van der Waals surface area contributed by atoms with Crippen molar-refractivity contribution in [3.8, 4) is 45.7 Å². The van der Waals surface area contributed by atoms with Gasteiger partial charge >= 0.3 is 6.03 Å². The second kappa shape index (κ2) is 11.0. The molecule has 0 fully saturated rings. The lowest BCUT2D eigenvalue weighted by molar-refractivity contribution is 0.262. The molecule has 0 bridgehead atoms. The van der Waals surface area contributed by atoms with Gasteiger partial charge in [-0.1, -0.05) is 30.3 Å². The Morgan fingerprint density at radius 3 is 1.95 bits per heavy atom. The van der Waals surface area contributed by atoms with Crippen LogP contribution in [0, 0.1) is 11.3 Å². The van der Waals surface area contributed by atoms with Crippen molar-refractivity contribution in [1.82, 2.24) is 4.98 Å². The fourth-order valence-corrected chi connectivity index (χ4v) is 3.84. The third kappa shape index (κ3) is 5.39. The van der Waals surface area contributed by atoms with Crippen LogP contribution in [0.2, 0.25) is 0 Å². The number of nitrogens with zero attached hydrogens (tertiary/aromatic N) is 1. The van der Waals surface area contributed by atoms with Gasteiger partial charge in [0.2, 0.25) is 5.75 Å². The Labute approximate surface area is 213 Å². The molecule has 4 aromatic rings. The zero-order valence-electron chi connectivity index (χ0n) is 20.4. The number of benzene rings is 3. The first kappa shape index (κ1) is 24.9. The number of aromatic amines is 1. The molecular formula is C28H24N4O5. The van der Waals surface area contributed by atoms with Gasteiger partial charge in [-0.3, -0.25) is 4.79 Å². The van der Waals surface area contributed by atoms with E-state index in [9.17, 15) is 14.9 Å². The molecule has 1 heterocycles. The molecular weight excluding hydrogens is 472 g/mol. The summed E-state index contributed by atoms with van der Waals surface area (Å²) in [4.78, 5) is 27.9. The molecule has 2 amide bonds. The van der Waals surface area contributed by atoms with Gasteiger partial charge < -0.3 is 29.8 Å². The highest BCUT2D eigenvalue weighted by atomic mass is 16.5. The number of aromatic nitrogens is 1. The van der Waals surface area contributed by atoms with Gasteiger partial charge in [0, 0.05) is 22.6 Å². The van der Waals surface area contributed by atoms with E-state index in [0.717, 1.165) is 0 Å². The summed E-state index contributed by atoms with van der Waals surface area (Å²) in [7, 11) is 4.48. The van der Waals surface area contributed by atoms with E-state index in [1.807, 2.05) is 24.3 Å². The topological polar surface area (TPSA) is 125 Å². The van der Waals surface area contributed by atoms with Crippen molar-refractivity contribution in [2.24, 2.45) is 0 Å². The molecule has 1 aromatic heterocycles. The fourth-order valence-electron chi connectivity index (χ4n) is 3.84. The van der Waals surface area contributed by atoms with Crippen molar-refractivity contribution in [2.45, 2.75) is 0 Å². The number of anilines is 2. The maximum atomic E-state index is 12.8. The van der Waals surface area contributed by atoms with E-state index >= 15 is 0 Å². The van der Waals surface area contributed by atoms with Crippen molar-refractivity contribution in [3.05, 3.63) is 88.7 Å². The number of rotatable bonds is 7. The second-order valence-electron chi connectivity index (χ2n) is 7.85. The van der Waals surface area contributed by atoms with Crippen LogP contribution in [-0.2, 0) is 0 Å². The number of amides is 2. The molecule has 186 valence electrons. The molecule has 9 heteroatoms. The molecule has 0 radical (unpaired) electrons. The zero-order valence-corrected chi connectivity index (χ0v) is 20.4. The number of methoxy groups -OCH3 is 3. The molecule has 0 spiro atoms. The van der Waals surface area contributed by atoms with Crippen LogP contribution in [0.1, 0.15) is 5.56 Å². The first-order valence-corrected chi connectivity index (χ1v) is 11.2. The number of nitriles is 1. The smallest absolute Gasteiger partial charge is 0.323 e. The van der Waals surface area contributed by atoms with Gasteiger partial charge in [-0.25, -0.2) is 4.79 Å². The summed E-state index contributed by atoms with van der Waals surface area (Å²) in [5.41, 5.74) is 2.79. The van der Waals surface area contributed by atoms with Gasteiger partial charge in [-0.2, -0.15) is 5.26 Å². The molecule has 37 heavy (non-hydrogen) atoms. The molecule has 3 aromatic carbocycles. The van der Waals surface area contributed by atoms with Crippen LogP contribution in [0.5, 0.6) is 17.2 Å². The lowest BCUT2D eigenvalue weighted by Crippen LogP contribution is -2.19. The van der Waals surface area contributed by atoms with Crippen LogP contribution >= 0.6 is 0 Å².